The van der Waals surface area contributed by atoms with Crippen molar-refractivity contribution in [3.8, 4) is 11.5 Å². The number of carbonyl (C=O) groups excluding carboxylic acids is 2. The van der Waals surface area contributed by atoms with Crippen LogP contribution in [0.3, 0.4) is 0 Å². The first-order valence-corrected chi connectivity index (χ1v) is 9.36. The van der Waals surface area contributed by atoms with E-state index in [0.717, 1.165) is 14.5 Å². The molecule has 6 nitrogen and oxygen atoms in total. The molecule has 2 aromatic rings. The van der Waals surface area contributed by atoms with Crippen LogP contribution < -0.4 is 20.3 Å². The van der Waals surface area contributed by atoms with Gasteiger partial charge in [0.1, 0.15) is 11.5 Å². The van der Waals surface area contributed by atoms with Gasteiger partial charge in [-0.05, 0) is 48.9 Å². The monoisotopic (exact) mass is 504 g/mol. The number of carbonyl (C=O) groups is 2. The largest absolute Gasteiger partial charge is 0.484 e. The Bertz CT molecular complexity index is 817. The van der Waals surface area contributed by atoms with Gasteiger partial charge < -0.3 is 9.47 Å². The number of rotatable bonds is 6. The highest BCUT2D eigenvalue weighted by molar-refractivity contribution is 9.10. The van der Waals surface area contributed by atoms with Gasteiger partial charge >= 0.3 is 0 Å². The summed E-state index contributed by atoms with van der Waals surface area (Å²) in [6, 6.07) is 10.4. The molecule has 0 saturated carbocycles. The van der Waals surface area contributed by atoms with Crippen LogP contribution in [-0.4, -0.2) is 25.0 Å². The average Bonchev–Trinajstić information content (AvgIpc) is 2.60. The van der Waals surface area contributed by atoms with E-state index in [0.29, 0.717) is 16.5 Å². The first kappa shape index (κ1) is 20.5. The van der Waals surface area contributed by atoms with E-state index in [-0.39, 0.29) is 13.2 Å². The summed E-state index contributed by atoms with van der Waals surface area (Å²) in [6.45, 7) is 1.38. The summed E-state index contributed by atoms with van der Waals surface area (Å²) in [7, 11) is 0. The number of aryl methyl sites for hydroxylation is 1. The molecule has 0 unspecified atom stereocenters. The Morgan fingerprint density at radius 2 is 1.65 bits per heavy atom. The van der Waals surface area contributed by atoms with Crippen LogP contribution in [0.25, 0.3) is 0 Å². The van der Waals surface area contributed by atoms with Crippen molar-refractivity contribution >= 4 is 55.3 Å². The molecule has 0 saturated heterocycles. The number of hydrogen-bond donors (Lipinski definition) is 2. The Hall–Kier alpha value is -1.77. The molecule has 0 radical (unpaired) electrons. The molecule has 0 atom stereocenters. The maximum Gasteiger partial charge on any atom is 0.276 e. The standard InChI is InChI=1S/C17H15Br2ClN2O4/c1-10-6-12(3-4-13(10)19)25-8-16(23)21-22-17(24)9-26-15-5-2-11(18)7-14(15)20/h2-7H,8-9H2,1H3,(H,21,23)(H,22,24). The summed E-state index contributed by atoms with van der Waals surface area (Å²) in [5, 5.41) is 0.370. The Labute approximate surface area is 172 Å². The van der Waals surface area contributed by atoms with E-state index in [1.54, 1.807) is 30.3 Å². The van der Waals surface area contributed by atoms with E-state index in [1.165, 1.54) is 0 Å². The quantitative estimate of drug-likeness (QED) is 0.585. The van der Waals surface area contributed by atoms with Crippen molar-refractivity contribution in [2.24, 2.45) is 0 Å². The molecule has 9 heteroatoms. The van der Waals surface area contributed by atoms with Crippen molar-refractivity contribution in [2.75, 3.05) is 13.2 Å². The SMILES string of the molecule is Cc1cc(OCC(=O)NNC(=O)COc2ccc(Br)cc2Cl)ccc1Br. The first-order chi connectivity index (χ1) is 12.3. The van der Waals surface area contributed by atoms with Gasteiger partial charge in [0.25, 0.3) is 11.8 Å². The zero-order valence-electron chi connectivity index (χ0n) is 13.6. The number of hydrogen-bond acceptors (Lipinski definition) is 4. The second-order valence-electron chi connectivity index (χ2n) is 5.16. The molecule has 2 amide bonds. The van der Waals surface area contributed by atoms with E-state index in [9.17, 15) is 9.59 Å². The van der Waals surface area contributed by atoms with Gasteiger partial charge in [0.2, 0.25) is 0 Å². The third kappa shape index (κ3) is 6.51. The van der Waals surface area contributed by atoms with Crippen LogP contribution in [0.2, 0.25) is 5.02 Å². The number of amides is 2. The van der Waals surface area contributed by atoms with Gasteiger partial charge in [0.15, 0.2) is 13.2 Å². The van der Waals surface area contributed by atoms with Crippen molar-refractivity contribution in [3.05, 3.63) is 55.9 Å². The van der Waals surface area contributed by atoms with Crippen LogP contribution in [0, 0.1) is 6.92 Å². The molecule has 0 aliphatic heterocycles. The third-order valence-electron chi connectivity index (χ3n) is 3.09. The van der Waals surface area contributed by atoms with Crippen LogP contribution in [0.15, 0.2) is 45.3 Å². The topological polar surface area (TPSA) is 76.7 Å². The van der Waals surface area contributed by atoms with E-state index >= 15 is 0 Å². The van der Waals surface area contributed by atoms with Crippen molar-refractivity contribution in [3.63, 3.8) is 0 Å². The van der Waals surface area contributed by atoms with Crippen molar-refractivity contribution in [1.29, 1.82) is 0 Å². The maximum absolute atomic E-state index is 11.7. The maximum atomic E-state index is 11.7. The van der Waals surface area contributed by atoms with Crippen LogP contribution >= 0.6 is 43.5 Å². The van der Waals surface area contributed by atoms with Gasteiger partial charge in [-0.1, -0.05) is 43.5 Å². The predicted octanol–water partition coefficient (Wildman–Crippen LogP) is 3.78. The predicted molar refractivity (Wildman–Crippen MR) is 105 cm³/mol. The molecular weight excluding hydrogens is 491 g/mol. The fourth-order valence-electron chi connectivity index (χ4n) is 1.80. The molecule has 0 aliphatic carbocycles. The van der Waals surface area contributed by atoms with Crippen LogP contribution in [0.4, 0.5) is 0 Å². The number of ether oxygens (including phenoxy) is 2. The summed E-state index contributed by atoms with van der Waals surface area (Å²) in [5.41, 5.74) is 5.47. The number of halogens is 3. The highest BCUT2D eigenvalue weighted by atomic mass is 79.9. The molecule has 26 heavy (non-hydrogen) atoms. The van der Waals surface area contributed by atoms with E-state index in [4.69, 9.17) is 21.1 Å². The van der Waals surface area contributed by atoms with E-state index < -0.39 is 11.8 Å². The molecule has 0 fully saturated rings. The van der Waals surface area contributed by atoms with Crippen LogP contribution in [-0.2, 0) is 9.59 Å². The summed E-state index contributed by atoms with van der Waals surface area (Å²) in [4.78, 5) is 23.4. The van der Waals surface area contributed by atoms with E-state index in [1.807, 2.05) is 13.0 Å². The van der Waals surface area contributed by atoms with Gasteiger partial charge in [0.05, 0.1) is 5.02 Å². The smallest absolute Gasteiger partial charge is 0.276 e. The van der Waals surface area contributed by atoms with Gasteiger partial charge in [-0.25, -0.2) is 0 Å². The highest BCUT2D eigenvalue weighted by Gasteiger charge is 2.09. The fourth-order valence-corrected chi connectivity index (χ4v) is 2.78. The second kappa shape index (κ2) is 9.80. The molecule has 0 bridgehead atoms. The molecule has 138 valence electrons. The van der Waals surface area contributed by atoms with Crippen molar-refractivity contribution in [1.82, 2.24) is 10.9 Å². The fraction of sp³-hybridized carbons (Fsp3) is 0.176. The molecule has 0 aromatic heterocycles. The summed E-state index contributed by atoms with van der Waals surface area (Å²) < 4.78 is 12.4. The molecule has 2 aromatic carbocycles. The average molecular weight is 507 g/mol. The Morgan fingerprint density at radius 3 is 2.27 bits per heavy atom. The summed E-state index contributed by atoms with van der Waals surface area (Å²) in [5.74, 6) is -0.108. The van der Waals surface area contributed by atoms with Crippen molar-refractivity contribution < 1.29 is 19.1 Å². The van der Waals surface area contributed by atoms with E-state index in [2.05, 4.69) is 42.7 Å². The lowest BCUT2D eigenvalue weighted by Gasteiger charge is -2.11. The molecule has 0 heterocycles. The first-order valence-electron chi connectivity index (χ1n) is 7.39. The number of nitrogens with one attached hydrogen (secondary N) is 2. The minimum atomic E-state index is -0.531. The number of benzene rings is 2. The zero-order valence-corrected chi connectivity index (χ0v) is 17.6. The summed E-state index contributed by atoms with van der Waals surface area (Å²) in [6.07, 6.45) is 0. The van der Waals surface area contributed by atoms with Gasteiger partial charge in [-0.15, -0.1) is 0 Å². The third-order valence-corrected chi connectivity index (χ3v) is 4.77. The summed E-state index contributed by atoms with van der Waals surface area (Å²) >= 11 is 12.6. The number of hydrazine groups is 1. The molecule has 0 aliphatic rings. The molecule has 2 N–H and O–H groups in total. The van der Waals surface area contributed by atoms with Gasteiger partial charge in [0, 0.05) is 8.95 Å². The minimum absolute atomic E-state index is 0.235. The zero-order chi connectivity index (χ0) is 19.1. The van der Waals surface area contributed by atoms with Gasteiger partial charge in [-0.3, -0.25) is 20.4 Å². The lowest BCUT2D eigenvalue weighted by molar-refractivity contribution is -0.131. The van der Waals surface area contributed by atoms with Crippen LogP contribution in [0.5, 0.6) is 11.5 Å². The molecular formula is C17H15Br2ClN2O4. The van der Waals surface area contributed by atoms with Gasteiger partial charge in [-0.2, -0.15) is 0 Å². The lowest BCUT2D eigenvalue weighted by Crippen LogP contribution is -2.45. The van der Waals surface area contributed by atoms with Crippen LogP contribution in [0.1, 0.15) is 5.56 Å². The highest BCUT2D eigenvalue weighted by Crippen LogP contribution is 2.27. The Morgan fingerprint density at radius 1 is 1.00 bits per heavy atom. The second-order valence-corrected chi connectivity index (χ2v) is 7.34. The molecule has 2 rings (SSSR count). The van der Waals surface area contributed by atoms with Crippen molar-refractivity contribution in [2.45, 2.75) is 6.92 Å². The Kier molecular flexibility index (Phi) is 7.74. The normalized spacial score (nSPS) is 10.2. The Balaban J connectivity index is 1.71. The lowest BCUT2D eigenvalue weighted by atomic mass is 10.2. The minimum Gasteiger partial charge on any atom is -0.484 e. The molecule has 0 spiro atoms.